The minimum atomic E-state index is 0. The van der Waals surface area contributed by atoms with Gasteiger partial charge in [-0.25, -0.2) is 0 Å². The Morgan fingerprint density at radius 3 is 2.12 bits per heavy atom. The Kier molecular flexibility index (Phi) is 21.6. The van der Waals surface area contributed by atoms with E-state index in [4.69, 9.17) is 5.73 Å². The van der Waals surface area contributed by atoms with Crippen LogP contribution in [0.2, 0.25) is 0 Å². The van der Waals surface area contributed by atoms with E-state index in [2.05, 4.69) is 43.9 Å². The molecule has 1 unspecified atom stereocenters. The standard InChI is InChI=1S/C12H23N2.C2H6.Y/c1-5-8-12(6-2)14(7-3)10-11(4)9-13;1-2;/h5-6,8,11,13H,7,9-10H2,1-4H3;1-2H3;/q-1;;/b8-5-,12-6+;;. The molecule has 1 N–H and O–H groups in total. The van der Waals surface area contributed by atoms with Gasteiger partial charge < -0.3 is 10.6 Å². The number of likely N-dealkylation sites (N-methyl/N-ethyl adjacent to an activating group) is 1. The molecule has 0 spiro atoms. The summed E-state index contributed by atoms with van der Waals surface area (Å²) in [6, 6.07) is 0. The van der Waals surface area contributed by atoms with Crippen LogP contribution in [-0.2, 0) is 32.7 Å². The molecule has 99 valence electrons. The maximum atomic E-state index is 7.31. The average molecular weight is 314 g/mol. The van der Waals surface area contributed by atoms with Gasteiger partial charge in [0, 0.05) is 51.5 Å². The zero-order chi connectivity index (χ0) is 13.0. The number of nitrogens with one attached hydrogen (secondary N) is 1. The molecule has 0 bridgehead atoms. The largest absolute Gasteiger partial charge is 0.677 e. The van der Waals surface area contributed by atoms with E-state index in [-0.39, 0.29) is 32.7 Å². The van der Waals surface area contributed by atoms with Crippen molar-refractivity contribution < 1.29 is 32.7 Å². The summed E-state index contributed by atoms with van der Waals surface area (Å²) in [4.78, 5) is 2.32. The van der Waals surface area contributed by atoms with E-state index in [0.717, 1.165) is 13.1 Å². The molecule has 0 fully saturated rings. The van der Waals surface area contributed by atoms with Gasteiger partial charge in [0.15, 0.2) is 0 Å². The van der Waals surface area contributed by atoms with E-state index in [1.807, 2.05) is 20.8 Å². The average Bonchev–Trinajstić information content (AvgIpc) is 2.35. The zero-order valence-corrected chi connectivity index (χ0v) is 15.3. The third-order valence-electron chi connectivity index (χ3n) is 2.26. The van der Waals surface area contributed by atoms with Crippen molar-refractivity contribution in [1.29, 1.82) is 0 Å². The van der Waals surface area contributed by atoms with E-state index in [1.54, 1.807) is 0 Å². The monoisotopic (exact) mass is 314 g/mol. The molecule has 0 aromatic carbocycles. The minimum absolute atomic E-state index is 0. The van der Waals surface area contributed by atoms with E-state index < -0.39 is 0 Å². The van der Waals surface area contributed by atoms with Crippen molar-refractivity contribution in [2.24, 2.45) is 5.92 Å². The maximum absolute atomic E-state index is 7.31. The van der Waals surface area contributed by atoms with Gasteiger partial charge in [0.1, 0.15) is 0 Å². The smallest absolute Gasteiger partial charge is 0.0319 e. The van der Waals surface area contributed by atoms with Crippen molar-refractivity contribution in [3.63, 3.8) is 0 Å². The van der Waals surface area contributed by atoms with Crippen LogP contribution in [0, 0.1) is 5.92 Å². The first-order valence-electron chi connectivity index (χ1n) is 6.38. The van der Waals surface area contributed by atoms with Gasteiger partial charge in [-0.05, 0) is 32.8 Å². The third-order valence-corrected chi connectivity index (χ3v) is 2.26. The van der Waals surface area contributed by atoms with Gasteiger partial charge in [0.25, 0.3) is 0 Å². The fourth-order valence-corrected chi connectivity index (χ4v) is 1.41. The first kappa shape index (κ1) is 22.5. The van der Waals surface area contributed by atoms with Gasteiger partial charge in [-0.1, -0.05) is 32.9 Å². The van der Waals surface area contributed by atoms with Crippen molar-refractivity contribution >= 4 is 0 Å². The number of hydrogen-bond donors (Lipinski definition) is 0. The normalized spacial score (nSPS) is 12.5. The van der Waals surface area contributed by atoms with Crippen LogP contribution in [0.5, 0.6) is 0 Å². The van der Waals surface area contributed by atoms with Crippen molar-refractivity contribution in [1.82, 2.24) is 4.90 Å². The van der Waals surface area contributed by atoms with E-state index in [1.165, 1.54) is 5.70 Å². The number of hydrogen-bond acceptors (Lipinski definition) is 1. The molecule has 0 aliphatic heterocycles. The first-order valence-corrected chi connectivity index (χ1v) is 6.38. The van der Waals surface area contributed by atoms with Gasteiger partial charge in [-0.2, -0.15) is 0 Å². The molecule has 3 heteroatoms. The molecular weight excluding hydrogens is 285 g/mol. The van der Waals surface area contributed by atoms with E-state index in [0.29, 0.717) is 12.5 Å². The van der Waals surface area contributed by atoms with Crippen LogP contribution in [0.25, 0.3) is 5.73 Å². The van der Waals surface area contributed by atoms with Gasteiger partial charge >= 0.3 is 0 Å². The Balaban J connectivity index is -0.000000616. The summed E-state index contributed by atoms with van der Waals surface area (Å²) in [6.45, 7) is 14.9. The molecule has 0 aromatic rings. The van der Waals surface area contributed by atoms with E-state index in [9.17, 15) is 0 Å². The second-order valence-electron chi connectivity index (χ2n) is 3.56. The molecule has 1 radical (unpaired) electrons. The summed E-state index contributed by atoms with van der Waals surface area (Å²) in [6.07, 6.45) is 6.31. The predicted octanol–water partition coefficient (Wildman–Crippen LogP) is 4.50. The molecule has 0 rings (SSSR count). The quantitative estimate of drug-likeness (QED) is 0.663. The van der Waals surface area contributed by atoms with Crippen molar-refractivity contribution in [2.45, 2.75) is 41.5 Å². The summed E-state index contributed by atoms with van der Waals surface area (Å²) in [7, 11) is 0. The summed E-state index contributed by atoms with van der Waals surface area (Å²) in [5.41, 5.74) is 8.57. The fourth-order valence-electron chi connectivity index (χ4n) is 1.41. The molecule has 0 saturated heterocycles. The third kappa shape index (κ3) is 11.2. The van der Waals surface area contributed by atoms with Crippen molar-refractivity contribution in [2.75, 3.05) is 19.6 Å². The Morgan fingerprint density at radius 1 is 1.29 bits per heavy atom. The Hall–Kier alpha value is 0.344. The molecule has 17 heavy (non-hydrogen) atoms. The predicted molar refractivity (Wildman–Crippen MR) is 75.5 cm³/mol. The number of nitrogens with zero attached hydrogens (tertiary/aromatic N) is 1. The molecule has 2 nitrogen and oxygen atoms in total. The molecule has 0 aliphatic rings. The summed E-state index contributed by atoms with van der Waals surface area (Å²) < 4.78 is 0. The molecular formula is C14H29N2Y-. The van der Waals surface area contributed by atoms with Crippen LogP contribution >= 0.6 is 0 Å². The second kappa shape index (κ2) is 16.3. The van der Waals surface area contributed by atoms with Crippen LogP contribution in [0.3, 0.4) is 0 Å². The van der Waals surface area contributed by atoms with Crippen LogP contribution in [0.4, 0.5) is 0 Å². The Labute approximate surface area is 134 Å². The van der Waals surface area contributed by atoms with Gasteiger partial charge in [0.05, 0.1) is 0 Å². The van der Waals surface area contributed by atoms with Crippen molar-refractivity contribution in [3.8, 4) is 0 Å². The molecule has 0 heterocycles. The van der Waals surface area contributed by atoms with Crippen LogP contribution in [-0.4, -0.2) is 24.5 Å². The second-order valence-corrected chi connectivity index (χ2v) is 3.56. The summed E-state index contributed by atoms with van der Waals surface area (Å²) in [5, 5.41) is 0. The molecule has 0 saturated carbocycles. The summed E-state index contributed by atoms with van der Waals surface area (Å²) in [5.74, 6) is 0.440. The summed E-state index contributed by atoms with van der Waals surface area (Å²) >= 11 is 0. The molecule has 1 atom stereocenters. The zero-order valence-electron chi connectivity index (χ0n) is 12.5. The SMILES string of the molecule is C/C=C\C(=C/C)N(CC)CC(C)C[NH-].CC.[Y]. The van der Waals surface area contributed by atoms with Gasteiger partial charge in [0.2, 0.25) is 0 Å². The van der Waals surface area contributed by atoms with Crippen molar-refractivity contribution in [3.05, 3.63) is 29.7 Å². The van der Waals surface area contributed by atoms with E-state index >= 15 is 0 Å². The number of rotatable bonds is 6. The first-order chi connectivity index (χ1) is 7.69. The fraction of sp³-hybridized carbons (Fsp3) is 0.714. The van der Waals surface area contributed by atoms with Gasteiger partial charge in [-0.15, -0.1) is 6.54 Å². The Morgan fingerprint density at radius 2 is 1.82 bits per heavy atom. The minimum Gasteiger partial charge on any atom is -0.677 e. The number of allylic oxidation sites excluding steroid dienone is 3. The molecule has 0 aromatic heterocycles. The molecule has 0 amide bonds. The maximum Gasteiger partial charge on any atom is 0.0319 e. The van der Waals surface area contributed by atoms with Crippen LogP contribution in [0.15, 0.2) is 23.9 Å². The van der Waals surface area contributed by atoms with Gasteiger partial charge in [-0.3, -0.25) is 0 Å². The van der Waals surface area contributed by atoms with Crippen LogP contribution in [0.1, 0.15) is 41.5 Å². The molecule has 0 aliphatic carbocycles. The topological polar surface area (TPSA) is 27.0 Å². The van der Waals surface area contributed by atoms with Crippen LogP contribution < -0.4 is 0 Å². The Bertz CT molecular complexity index is 200.